The van der Waals surface area contributed by atoms with Gasteiger partial charge in [0.15, 0.2) is 0 Å². The van der Waals surface area contributed by atoms with Crippen LogP contribution in [0.1, 0.15) is 36.6 Å². The molecule has 21 heavy (non-hydrogen) atoms. The number of hydrogen-bond acceptors (Lipinski definition) is 3. The van der Waals surface area contributed by atoms with Gasteiger partial charge in [-0.1, -0.05) is 13.8 Å². The summed E-state index contributed by atoms with van der Waals surface area (Å²) in [6, 6.07) is 4.78. The summed E-state index contributed by atoms with van der Waals surface area (Å²) in [5, 5.41) is 8.76. The van der Waals surface area contributed by atoms with Gasteiger partial charge in [-0.2, -0.15) is 5.26 Å². The number of aromatic nitrogens is 2. The van der Waals surface area contributed by atoms with Crippen molar-refractivity contribution in [2.24, 2.45) is 0 Å². The Kier molecular flexibility index (Phi) is 4.13. The van der Waals surface area contributed by atoms with E-state index in [0.717, 1.165) is 6.07 Å². The first-order valence-corrected chi connectivity index (χ1v) is 6.36. The van der Waals surface area contributed by atoms with Gasteiger partial charge in [-0.3, -0.25) is 9.36 Å². The van der Waals surface area contributed by atoms with Crippen molar-refractivity contribution < 1.29 is 8.78 Å². The van der Waals surface area contributed by atoms with Crippen LogP contribution in [0.4, 0.5) is 8.78 Å². The molecule has 1 aromatic heterocycles. The Hall–Kier alpha value is -2.55. The molecule has 0 unspecified atom stereocenters. The van der Waals surface area contributed by atoms with E-state index in [0.29, 0.717) is 11.8 Å². The van der Waals surface area contributed by atoms with Crippen LogP contribution < -0.4 is 5.56 Å². The van der Waals surface area contributed by atoms with Crippen LogP contribution in [0.3, 0.4) is 0 Å². The summed E-state index contributed by atoms with van der Waals surface area (Å²) < 4.78 is 28.2. The third kappa shape index (κ3) is 3.14. The van der Waals surface area contributed by atoms with E-state index in [9.17, 15) is 13.6 Å². The number of nitriles is 1. The second-order valence-electron chi connectivity index (χ2n) is 4.97. The lowest BCUT2D eigenvalue weighted by Crippen LogP contribution is -2.22. The van der Waals surface area contributed by atoms with Crippen molar-refractivity contribution >= 4 is 0 Å². The smallest absolute Gasteiger partial charge is 0.253 e. The van der Waals surface area contributed by atoms with Gasteiger partial charge in [0.2, 0.25) is 0 Å². The largest absolute Gasteiger partial charge is 0.295 e. The fourth-order valence-corrected chi connectivity index (χ4v) is 1.86. The van der Waals surface area contributed by atoms with Gasteiger partial charge in [-0.15, -0.1) is 0 Å². The minimum absolute atomic E-state index is 0.0640. The van der Waals surface area contributed by atoms with Crippen molar-refractivity contribution in [1.82, 2.24) is 9.55 Å². The highest BCUT2D eigenvalue weighted by molar-refractivity contribution is 5.35. The van der Waals surface area contributed by atoms with Crippen LogP contribution in [0.25, 0.3) is 0 Å². The van der Waals surface area contributed by atoms with Crippen LogP contribution >= 0.6 is 0 Å². The van der Waals surface area contributed by atoms with E-state index in [-0.39, 0.29) is 29.1 Å². The second kappa shape index (κ2) is 5.83. The van der Waals surface area contributed by atoms with E-state index >= 15 is 0 Å². The second-order valence-corrected chi connectivity index (χ2v) is 4.97. The molecular formula is C15H13F2N3O. The Morgan fingerprint density at radius 3 is 2.57 bits per heavy atom. The van der Waals surface area contributed by atoms with Crippen molar-refractivity contribution in [3.05, 3.63) is 63.3 Å². The molecule has 0 fully saturated rings. The molecule has 1 heterocycles. The maximum atomic E-state index is 13.7. The molecule has 0 spiro atoms. The van der Waals surface area contributed by atoms with Crippen LogP contribution in [0.5, 0.6) is 0 Å². The minimum Gasteiger partial charge on any atom is -0.295 e. The van der Waals surface area contributed by atoms with Crippen LogP contribution in [0.2, 0.25) is 0 Å². The van der Waals surface area contributed by atoms with E-state index in [2.05, 4.69) is 4.98 Å². The molecule has 0 saturated carbocycles. The maximum Gasteiger partial charge on any atom is 0.253 e. The molecule has 4 nitrogen and oxygen atoms in total. The van der Waals surface area contributed by atoms with Gasteiger partial charge in [-0.05, 0) is 12.0 Å². The average molecular weight is 289 g/mol. The lowest BCUT2D eigenvalue weighted by Gasteiger charge is -2.09. The van der Waals surface area contributed by atoms with E-state index < -0.39 is 11.6 Å². The molecule has 0 aliphatic heterocycles. The van der Waals surface area contributed by atoms with Gasteiger partial charge < -0.3 is 0 Å². The minimum atomic E-state index is -0.917. The quantitative estimate of drug-likeness (QED) is 0.872. The summed E-state index contributed by atoms with van der Waals surface area (Å²) in [6.45, 7) is 3.71. The van der Waals surface area contributed by atoms with Crippen molar-refractivity contribution in [3.8, 4) is 6.07 Å². The van der Waals surface area contributed by atoms with Crippen molar-refractivity contribution in [2.45, 2.75) is 26.3 Å². The van der Waals surface area contributed by atoms with Gasteiger partial charge in [0.25, 0.3) is 5.56 Å². The lowest BCUT2D eigenvalue weighted by molar-refractivity contribution is 0.561. The molecule has 0 saturated heterocycles. The predicted molar refractivity (Wildman–Crippen MR) is 72.8 cm³/mol. The first-order valence-electron chi connectivity index (χ1n) is 6.36. The average Bonchev–Trinajstić information content (AvgIpc) is 2.43. The molecule has 0 aliphatic rings. The van der Waals surface area contributed by atoms with Gasteiger partial charge in [-0.25, -0.2) is 13.8 Å². The SMILES string of the molecule is CC(C)c1cc(=O)n(Cc2cc(C#N)c(F)cc2F)cn1. The summed E-state index contributed by atoms with van der Waals surface area (Å²) in [6.07, 6.45) is 1.33. The normalized spacial score (nSPS) is 10.7. The lowest BCUT2D eigenvalue weighted by atomic mass is 10.1. The number of hydrogen-bond donors (Lipinski definition) is 0. The summed E-state index contributed by atoms with van der Waals surface area (Å²) in [5.74, 6) is -1.61. The summed E-state index contributed by atoms with van der Waals surface area (Å²) in [4.78, 5) is 16.1. The topological polar surface area (TPSA) is 58.7 Å². The number of nitrogens with zero attached hydrogens (tertiary/aromatic N) is 3. The molecule has 2 rings (SSSR count). The zero-order valence-electron chi connectivity index (χ0n) is 11.6. The molecule has 0 bridgehead atoms. The number of halogens is 2. The number of rotatable bonds is 3. The molecule has 1 aromatic carbocycles. The fraction of sp³-hybridized carbons (Fsp3) is 0.267. The van der Waals surface area contributed by atoms with Gasteiger partial charge in [0, 0.05) is 17.7 Å². The van der Waals surface area contributed by atoms with Gasteiger partial charge in [0.1, 0.15) is 17.7 Å². The Morgan fingerprint density at radius 1 is 1.29 bits per heavy atom. The zero-order valence-corrected chi connectivity index (χ0v) is 11.6. The Balaban J connectivity index is 2.39. The predicted octanol–water partition coefficient (Wildman–Crippen LogP) is 2.56. The highest BCUT2D eigenvalue weighted by Gasteiger charge is 2.11. The van der Waals surface area contributed by atoms with Crippen LogP contribution in [0, 0.1) is 23.0 Å². The molecule has 0 N–H and O–H groups in total. The van der Waals surface area contributed by atoms with E-state index in [1.165, 1.54) is 17.0 Å². The first kappa shape index (κ1) is 14.9. The molecule has 0 atom stereocenters. The molecule has 0 aliphatic carbocycles. The maximum absolute atomic E-state index is 13.7. The fourth-order valence-electron chi connectivity index (χ4n) is 1.86. The summed E-state index contributed by atoms with van der Waals surface area (Å²) >= 11 is 0. The third-order valence-corrected chi connectivity index (χ3v) is 3.09. The first-order chi connectivity index (χ1) is 9.92. The monoisotopic (exact) mass is 289 g/mol. The standard InChI is InChI=1S/C15H13F2N3O/c1-9(2)14-5-15(21)20(8-19-14)7-11-3-10(6-18)12(16)4-13(11)17/h3-5,8-9H,7H2,1-2H3. The highest BCUT2D eigenvalue weighted by Crippen LogP contribution is 2.15. The van der Waals surface area contributed by atoms with Gasteiger partial charge >= 0.3 is 0 Å². The Bertz CT molecular complexity index is 775. The summed E-state index contributed by atoms with van der Waals surface area (Å²) in [7, 11) is 0. The molecule has 6 heteroatoms. The van der Waals surface area contributed by atoms with Crippen LogP contribution in [-0.4, -0.2) is 9.55 Å². The van der Waals surface area contributed by atoms with Crippen molar-refractivity contribution in [2.75, 3.05) is 0 Å². The van der Waals surface area contributed by atoms with E-state index in [1.54, 1.807) is 6.07 Å². The van der Waals surface area contributed by atoms with E-state index in [1.807, 2.05) is 13.8 Å². The van der Waals surface area contributed by atoms with Crippen LogP contribution in [0.15, 0.2) is 29.3 Å². The molecular weight excluding hydrogens is 276 g/mol. The Labute approximate surface area is 120 Å². The van der Waals surface area contributed by atoms with Crippen molar-refractivity contribution in [1.29, 1.82) is 5.26 Å². The number of benzene rings is 1. The van der Waals surface area contributed by atoms with Gasteiger partial charge in [0.05, 0.1) is 24.1 Å². The molecule has 0 amide bonds. The third-order valence-electron chi connectivity index (χ3n) is 3.09. The van der Waals surface area contributed by atoms with E-state index in [4.69, 9.17) is 5.26 Å². The molecule has 0 radical (unpaired) electrons. The Morgan fingerprint density at radius 2 is 2.00 bits per heavy atom. The summed E-state index contributed by atoms with van der Waals surface area (Å²) in [5.41, 5.74) is 0.129. The molecule has 108 valence electrons. The van der Waals surface area contributed by atoms with Crippen molar-refractivity contribution in [3.63, 3.8) is 0 Å². The molecule has 2 aromatic rings. The van der Waals surface area contributed by atoms with Crippen LogP contribution in [-0.2, 0) is 6.54 Å². The zero-order chi connectivity index (χ0) is 15.6. The highest BCUT2D eigenvalue weighted by atomic mass is 19.1.